The zero-order chi connectivity index (χ0) is 15.0. The fourth-order valence-electron chi connectivity index (χ4n) is 2.46. The van der Waals surface area contributed by atoms with Crippen LogP contribution in [0.15, 0.2) is 48.7 Å². The van der Waals surface area contributed by atoms with Crippen LogP contribution in [0.1, 0.15) is 25.1 Å². The van der Waals surface area contributed by atoms with Gasteiger partial charge in [0.1, 0.15) is 11.6 Å². The highest BCUT2D eigenvalue weighted by atomic mass is 19.1. The molecule has 1 aromatic heterocycles. The van der Waals surface area contributed by atoms with Crippen molar-refractivity contribution >= 4 is 5.57 Å². The van der Waals surface area contributed by atoms with Gasteiger partial charge >= 0.3 is 0 Å². The molecule has 3 rings (SSSR count). The Labute approximate surface area is 122 Å². The second-order valence-corrected chi connectivity index (χ2v) is 5.89. The van der Waals surface area contributed by atoms with Crippen LogP contribution in [0.5, 0.6) is 5.75 Å². The van der Waals surface area contributed by atoms with E-state index in [1.807, 2.05) is 19.9 Å². The van der Waals surface area contributed by atoms with Crippen molar-refractivity contribution in [3.8, 4) is 5.75 Å². The highest BCUT2D eigenvalue weighted by Gasteiger charge is 2.27. The molecule has 0 N–H and O–H groups in total. The molecule has 0 saturated heterocycles. The molecular weight excluding hydrogens is 269 g/mol. The van der Waals surface area contributed by atoms with Crippen LogP contribution in [0.25, 0.3) is 5.57 Å². The Morgan fingerprint density at radius 1 is 1.24 bits per heavy atom. The summed E-state index contributed by atoms with van der Waals surface area (Å²) in [5.41, 5.74) is 1.54. The van der Waals surface area contributed by atoms with Crippen molar-refractivity contribution in [3.05, 3.63) is 71.0 Å². The van der Waals surface area contributed by atoms with Gasteiger partial charge in [0, 0.05) is 23.1 Å². The standard InChI is InChI=1S/C17H16FNO2/c1-17(2)10-14(15-5-3-4-8-19(15)20)13-9-12(18)6-7-16(13)21-11-17/h3-10H,11H2,1-2H3. The molecule has 108 valence electrons. The number of aromatic nitrogens is 1. The first kappa shape index (κ1) is 13.6. The predicted octanol–water partition coefficient (Wildman–Crippen LogP) is 3.31. The molecule has 2 aromatic rings. The van der Waals surface area contributed by atoms with Crippen LogP contribution in [0, 0.1) is 16.4 Å². The van der Waals surface area contributed by atoms with Crippen LogP contribution in [0.3, 0.4) is 0 Å². The summed E-state index contributed by atoms with van der Waals surface area (Å²) in [4.78, 5) is 0. The molecule has 1 aromatic carbocycles. The molecule has 0 aliphatic carbocycles. The van der Waals surface area contributed by atoms with Crippen LogP contribution >= 0.6 is 0 Å². The Balaban J connectivity index is 2.27. The van der Waals surface area contributed by atoms with Crippen molar-refractivity contribution in [1.82, 2.24) is 0 Å². The molecule has 1 aliphatic rings. The first-order chi connectivity index (χ1) is 9.96. The summed E-state index contributed by atoms with van der Waals surface area (Å²) < 4.78 is 20.2. The first-order valence-corrected chi connectivity index (χ1v) is 6.80. The van der Waals surface area contributed by atoms with Gasteiger partial charge in [-0.15, -0.1) is 0 Å². The van der Waals surface area contributed by atoms with Gasteiger partial charge in [0.25, 0.3) is 0 Å². The smallest absolute Gasteiger partial charge is 0.224 e. The summed E-state index contributed by atoms with van der Waals surface area (Å²) in [5.74, 6) is 0.244. The van der Waals surface area contributed by atoms with Gasteiger partial charge in [-0.1, -0.05) is 19.9 Å². The van der Waals surface area contributed by atoms with Crippen LogP contribution in [0.4, 0.5) is 4.39 Å². The molecule has 0 saturated carbocycles. The van der Waals surface area contributed by atoms with Crippen molar-refractivity contribution in [3.63, 3.8) is 0 Å². The lowest BCUT2D eigenvalue weighted by Gasteiger charge is -2.18. The molecule has 0 bridgehead atoms. The minimum Gasteiger partial charge on any atom is -0.618 e. The van der Waals surface area contributed by atoms with Gasteiger partial charge in [0.2, 0.25) is 5.69 Å². The topological polar surface area (TPSA) is 36.2 Å². The van der Waals surface area contributed by atoms with E-state index in [-0.39, 0.29) is 11.2 Å². The van der Waals surface area contributed by atoms with Gasteiger partial charge in [0.15, 0.2) is 6.20 Å². The molecular formula is C17H16FNO2. The Hall–Kier alpha value is -2.36. The van der Waals surface area contributed by atoms with E-state index in [4.69, 9.17) is 4.74 Å². The van der Waals surface area contributed by atoms with Gasteiger partial charge in [0.05, 0.1) is 12.2 Å². The van der Waals surface area contributed by atoms with E-state index in [0.29, 0.717) is 29.2 Å². The number of hydrogen-bond acceptors (Lipinski definition) is 2. The zero-order valence-corrected chi connectivity index (χ0v) is 12.0. The predicted molar refractivity (Wildman–Crippen MR) is 78.2 cm³/mol. The van der Waals surface area contributed by atoms with E-state index in [0.717, 1.165) is 4.73 Å². The summed E-state index contributed by atoms with van der Waals surface area (Å²) in [6.07, 6.45) is 3.41. The molecule has 0 fully saturated rings. The Kier molecular flexibility index (Phi) is 3.16. The molecule has 0 amide bonds. The van der Waals surface area contributed by atoms with Crippen LogP contribution in [-0.2, 0) is 0 Å². The number of ether oxygens (including phenoxy) is 1. The van der Waals surface area contributed by atoms with E-state index >= 15 is 0 Å². The third-order valence-electron chi connectivity index (χ3n) is 3.47. The number of rotatable bonds is 1. The maximum Gasteiger partial charge on any atom is 0.224 e. The van der Waals surface area contributed by atoms with Crippen LogP contribution in [0.2, 0.25) is 0 Å². The summed E-state index contributed by atoms with van der Waals surface area (Å²) in [6, 6.07) is 9.58. The minimum absolute atomic E-state index is 0.256. The highest BCUT2D eigenvalue weighted by Crippen LogP contribution is 2.37. The van der Waals surface area contributed by atoms with Crippen molar-refractivity contribution in [1.29, 1.82) is 0 Å². The van der Waals surface area contributed by atoms with E-state index < -0.39 is 0 Å². The Morgan fingerprint density at radius 2 is 2.05 bits per heavy atom. The maximum atomic E-state index is 13.6. The Morgan fingerprint density at radius 3 is 2.81 bits per heavy atom. The minimum atomic E-state index is -0.351. The van der Waals surface area contributed by atoms with E-state index in [9.17, 15) is 9.60 Å². The average molecular weight is 285 g/mol. The SMILES string of the molecule is CC1(C)C=C(c2cccc[n+]2[O-])c2cc(F)ccc2OC1. The zero-order valence-electron chi connectivity index (χ0n) is 12.0. The molecule has 0 unspecified atom stereocenters. The van der Waals surface area contributed by atoms with E-state index in [2.05, 4.69) is 0 Å². The van der Waals surface area contributed by atoms with E-state index in [1.165, 1.54) is 18.3 Å². The second kappa shape index (κ2) is 4.88. The summed E-state index contributed by atoms with van der Waals surface area (Å²) in [5, 5.41) is 12.1. The number of fused-ring (bicyclic) bond motifs is 1. The van der Waals surface area contributed by atoms with Gasteiger partial charge in [-0.2, -0.15) is 4.73 Å². The third-order valence-corrected chi connectivity index (χ3v) is 3.47. The van der Waals surface area contributed by atoms with Gasteiger partial charge in [-0.05, 0) is 24.3 Å². The van der Waals surface area contributed by atoms with Crippen LogP contribution in [-0.4, -0.2) is 6.61 Å². The number of nitrogens with zero attached hydrogens (tertiary/aromatic N) is 1. The van der Waals surface area contributed by atoms with Crippen molar-refractivity contribution in [2.45, 2.75) is 13.8 Å². The molecule has 21 heavy (non-hydrogen) atoms. The van der Waals surface area contributed by atoms with Gasteiger partial charge in [-0.3, -0.25) is 0 Å². The fourth-order valence-corrected chi connectivity index (χ4v) is 2.46. The first-order valence-electron chi connectivity index (χ1n) is 6.80. The summed E-state index contributed by atoms with van der Waals surface area (Å²) in [7, 11) is 0. The monoisotopic (exact) mass is 285 g/mol. The molecule has 0 spiro atoms. The van der Waals surface area contributed by atoms with Crippen molar-refractivity contribution in [2.75, 3.05) is 6.61 Å². The number of benzene rings is 1. The van der Waals surface area contributed by atoms with Gasteiger partial charge in [-0.25, -0.2) is 4.39 Å². The lowest BCUT2D eigenvalue weighted by molar-refractivity contribution is -0.607. The largest absolute Gasteiger partial charge is 0.618 e. The van der Waals surface area contributed by atoms with Crippen LogP contribution < -0.4 is 9.47 Å². The van der Waals surface area contributed by atoms with E-state index in [1.54, 1.807) is 24.3 Å². The number of pyridine rings is 1. The number of hydrogen-bond donors (Lipinski definition) is 0. The number of halogens is 1. The fraction of sp³-hybridized carbons (Fsp3) is 0.235. The maximum absolute atomic E-state index is 13.6. The molecule has 2 heterocycles. The summed E-state index contributed by atoms with van der Waals surface area (Å²) in [6.45, 7) is 4.52. The Bertz CT molecular complexity index is 722. The quantitative estimate of drug-likeness (QED) is 0.595. The van der Waals surface area contributed by atoms with Gasteiger partial charge < -0.3 is 9.94 Å². The molecule has 4 heteroatoms. The molecule has 3 nitrogen and oxygen atoms in total. The third kappa shape index (κ3) is 2.61. The highest BCUT2D eigenvalue weighted by molar-refractivity contribution is 5.81. The normalized spacial score (nSPS) is 16.4. The van der Waals surface area contributed by atoms with Crippen molar-refractivity contribution in [2.24, 2.45) is 5.41 Å². The molecule has 1 aliphatic heterocycles. The second-order valence-electron chi connectivity index (χ2n) is 5.89. The lowest BCUT2D eigenvalue weighted by Crippen LogP contribution is -2.30. The molecule has 0 radical (unpaired) electrons. The average Bonchev–Trinajstić information content (AvgIpc) is 2.56. The summed E-state index contributed by atoms with van der Waals surface area (Å²) >= 11 is 0. The molecule has 0 atom stereocenters. The van der Waals surface area contributed by atoms with Crippen molar-refractivity contribution < 1.29 is 13.9 Å². The lowest BCUT2D eigenvalue weighted by atomic mass is 9.89.